The number of hydrogen-bond donors (Lipinski definition) is 2. The predicted molar refractivity (Wildman–Crippen MR) is 81.9 cm³/mol. The molecule has 1 aliphatic rings. The van der Waals surface area contributed by atoms with Gasteiger partial charge in [0.25, 0.3) is 5.56 Å². The lowest BCUT2D eigenvalue weighted by atomic mass is 10.2. The van der Waals surface area contributed by atoms with Crippen LogP contribution in [-0.2, 0) is 4.79 Å². The number of nitrogens with zero attached hydrogens (tertiary/aromatic N) is 2. The fourth-order valence-corrected chi connectivity index (χ4v) is 2.40. The van der Waals surface area contributed by atoms with Gasteiger partial charge in [-0.1, -0.05) is 13.0 Å². The van der Waals surface area contributed by atoms with Crippen molar-refractivity contribution < 1.29 is 4.79 Å². The molecule has 0 radical (unpaired) electrons. The Kier molecular flexibility index (Phi) is 3.75. The number of amides is 1. The first-order valence-electron chi connectivity index (χ1n) is 7.37. The van der Waals surface area contributed by atoms with E-state index in [4.69, 9.17) is 0 Å². The summed E-state index contributed by atoms with van der Waals surface area (Å²) in [6, 6.07) is 6.50. The number of aromatic amines is 1. The highest BCUT2D eigenvalue weighted by Crippen LogP contribution is 2.38. The van der Waals surface area contributed by atoms with Gasteiger partial charge in [0.1, 0.15) is 5.69 Å². The van der Waals surface area contributed by atoms with Crippen molar-refractivity contribution in [1.82, 2.24) is 20.3 Å². The molecule has 0 aromatic carbocycles. The summed E-state index contributed by atoms with van der Waals surface area (Å²) < 4.78 is 0. The average molecular weight is 298 g/mol. The van der Waals surface area contributed by atoms with Crippen LogP contribution in [0.2, 0.25) is 0 Å². The van der Waals surface area contributed by atoms with Crippen LogP contribution in [0.3, 0.4) is 0 Å². The van der Waals surface area contributed by atoms with Gasteiger partial charge in [-0.25, -0.2) is 4.98 Å². The zero-order valence-electron chi connectivity index (χ0n) is 12.5. The van der Waals surface area contributed by atoms with Crippen LogP contribution in [0.5, 0.6) is 0 Å². The highest BCUT2D eigenvalue weighted by molar-refractivity contribution is 5.81. The first kappa shape index (κ1) is 14.4. The zero-order chi connectivity index (χ0) is 15.7. The minimum atomic E-state index is -0.315. The second-order valence-electron chi connectivity index (χ2n) is 5.78. The normalized spacial score (nSPS) is 21.2. The van der Waals surface area contributed by atoms with Gasteiger partial charge in [-0.3, -0.25) is 14.6 Å². The first-order chi connectivity index (χ1) is 10.5. The van der Waals surface area contributed by atoms with E-state index in [1.165, 1.54) is 6.07 Å². The number of pyridine rings is 1. The first-order valence-corrected chi connectivity index (χ1v) is 7.37. The molecule has 22 heavy (non-hydrogen) atoms. The van der Waals surface area contributed by atoms with Gasteiger partial charge in [-0.2, -0.15) is 0 Å². The fourth-order valence-electron chi connectivity index (χ4n) is 2.40. The molecule has 0 bridgehead atoms. The minimum Gasteiger partial charge on any atom is -0.348 e. The quantitative estimate of drug-likeness (QED) is 0.898. The van der Waals surface area contributed by atoms with Gasteiger partial charge >= 0.3 is 0 Å². The highest BCUT2D eigenvalue weighted by Gasteiger charge is 2.39. The van der Waals surface area contributed by atoms with Crippen LogP contribution in [0.1, 0.15) is 32.0 Å². The fraction of sp³-hybridized carbons (Fsp3) is 0.375. The summed E-state index contributed by atoms with van der Waals surface area (Å²) in [6.07, 6.45) is 2.57. The van der Waals surface area contributed by atoms with E-state index in [1.54, 1.807) is 18.3 Å². The van der Waals surface area contributed by atoms with Gasteiger partial charge in [-0.15, -0.1) is 0 Å². The number of aromatic nitrogens is 3. The molecule has 2 heterocycles. The highest BCUT2D eigenvalue weighted by atomic mass is 16.2. The summed E-state index contributed by atoms with van der Waals surface area (Å²) in [4.78, 5) is 35.1. The molecule has 6 heteroatoms. The van der Waals surface area contributed by atoms with Crippen LogP contribution in [0.15, 0.2) is 35.3 Å². The Morgan fingerprint density at radius 3 is 2.86 bits per heavy atom. The lowest BCUT2D eigenvalue weighted by Crippen LogP contribution is -2.30. The van der Waals surface area contributed by atoms with E-state index < -0.39 is 0 Å². The molecule has 0 unspecified atom stereocenters. The zero-order valence-corrected chi connectivity index (χ0v) is 12.5. The molecule has 6 nitrogen and oxygen atoms in total. The lowest BCUT2D eigenvalue weighted by Gasteiger charge is -2.14. The number of carbonyl (C=O) groups excluding carboxylic acids is 1. The third-order valence-electron chi connectivity index (χ3n) is 3.92. The van der Waals surface area contributed by atoms with Crippen molar-refractivity contribution >= 4 is 5.91 Å². The van der Waals surface area contributed by atoms with Crippen LogP contribution in [0.4, 0.5) is 0 Å². The predicted octanol–water partition coefficient (Wildman–Crippen LogP) is 1.67. The largest absolute Gasteiger partial charge is 0.348 e. The van der Waals surface area contributed by atoms with Crippen LogP contribution < -0.4 is 10.9 Å². The van der Waals surface area contributed by atoms with Gasteiger partial charge in [0.05, 0.1) is 11.7 Å². The van der Waals surface area contributed by atoms with E-state index >= 15 is 0 Å². The molecule has 3 rings (SSSR count). The van der Waals surface area contributed by atoms with Crippen molar-refractivity contribution in [2.75, 3.05) is 0 Å². The van der Waals surface area contributed by atoms with E-state index in [9.17, 15) is 9.59 Å². The Morgan fingerprint density at radius 1 is 1.45 bits per heavy atom. The standard InChI is InChI=1S/C16H18N4O2/c1-9-7-11(9)16(22)18-10(2)13-8-14(21)20-15(19-13)12-5-3-4-6-17-12/h3-6,8-11H,7H2,1-2H3,(H,18,22)(H,19,20,21)/t9-,10-,11+/m0/s1. The van der Waals surface area contributed by atoms with Crippen LogP contribution >= 0.6 is 0 Å². The smallest absolute Gasteiger partial charge is 0.251 e. The Hall–Kier alpha value is -2.50. The van der Waals surface area contributed by atoms with E-state index in [1.807, 2.05) is 13.0 Å². The topological polar surface area (TPSA) is 87.7 Å². The molecule has 114 valence electrons. The van der Waals surface area contributed by atoms with Gasteiger partial charge in [0, 0.05) is 18.2 Å². The molecule has 0 aliphatic heterocycles. The summed E-state index contributed by atoms with van der Waals surface area (Å²) in [5.41, 5.74) is 0.869. The summed E-state index contributed by atoms with van der Waals surface area (Å²) in [7, 11) is 0. The number of nitrogens with one attached hydrogen (secondary N) is 2. The maximum Gasteiger partial charge on any atom is 0.251 e. The van der Waals surface area contributed by atoms with Crippen molar-refractivity contribution in [3.05, 3.63) is 46.5 Å². The molecule has 1 saturated carbocycles. The van der Waals surface area contributed by atoms with E-state index in [0.29, 0.717) is 23.1 Å². The van der Waals surface area contributed by atoms with Crippen LogP contribution in [0, 0.1) is 11.8 Å². The van der Waals surface area contributed by atoms with Crippen LogP contribution in [0.25, 0.3) is 11.5 Å². The summed E-state index contributed by atoms with van der Waals surface area (Å²) in [5.74, 6) is 0.980. The number of H-pyrrole nitrogens is 1. The average Bonchev–Trinajstić information content (AvgIpc) is 3.24. The van der Waals surface area contributed by atoms with Crippen molar-refractivity contribution in [3.63, 3.8) is 0 Å². The van der Waals surface area contributed by atoms with Crippen molar-refractivity contribution in [2.45, 2.75) is 26.3 Å². The molecule has 0 saturated heterocycles. The van der Waals surface area contributed by atoms with E-state index in [0.717, 1.165) is 6.42 Å². The maximum atomic E-state index is 12.0. The molecular formula is C16H18N4O2. The molecule has 2 aromatic rings. The molecule has 2 N–H and O–H groups in total. The SMILES string of the molecule is C[C@H](NC(=O)[C@@H]1C[C@@H]1C)c1cc(=O)[nH]c(-c2ccccn2)n1. The van der Waals surface area contributed by atoms with E-state index in [-0.39, 0.29) is 23.4 Å². The van der Waals surface area contributed by atoms with Gasteiger partial charge < -0.3 is 10.3 Å². The Balaban J connectivity index is 1.83. The molecule has 2 aromatic heterocycles. The number of rotatable bonds is 4. The number of carbonyl (C=O) groups is 1. The second kappa shape index (κ2) is 5.71. The third kappa shape index (κ3) is 3.05. The molecule has 0 spiro atoms. The third-order valence-corrected chi connectivity index (χ3v) is 3.92. The van der Waals surface area contributed by atoms with Gasteiger partial charge in [0.2, 0.25) is 5.91 Å². The van der Waals surface area contributed by atoms with Gasteiger partial charge in [-0.05, 0) is 31.4 Å². The molecular weight excluding hydrogens is 280 g/mol. The van der Waals surface area contributed by atoms with Crippen molar-refractivity contribution in [3.8, 4) is 11.5 Å². The van der Waals surface area contributed by atoms with E-state index in [2.05, 4.69) is 27.2 Å². The molecule has 3 atom stereocenters. The summed E-state index contributed by atoms with van der Waals surface area (Å²) in [5, 5.41) is 2.92. The Labute approximate surface area is 128 Å². The summed E-state index contributed by atoms with van der Waals surface area (Å²) in [6.45, 7) is 3.88. The van der Waals surface area contributed by atoms with Gasteiger partial charge in [0.15, 0.2) is 5.82 Å². The lowest BCUT2D eigenvalue weighted by molar-refractivity contribution is -0.123. The molecule has 1 aliphatic carbocycles. The monoisotopic (exact) mass is 298 g/mol. The van der Waals surface area contributed by atoms with Crippen molar-refractivity contribution in [1.29, 1.82) is 0 Å². The minimum absolute atomic E-state index is 0.0291. The Morgan fingerprint density at radius 2 is 2.23 bits per heavy atom. The van der Waals surface area contributed by atoms with Crippen LogP contribution in [-0.4, -0.2) is 20.9 Å². The van der Waals surface area contributed by atoms with Crippen molar-refractivity contribution in [2.24, 2.45) is 11.8 Å². The summed E-state index contributed by atoms with van der Waals surface area (Å²) >= 11 is 0. The molecule has 1 amide bonds. The second-order valence-corrected chi connectivity index (χ2v) is 5.78. The molecule has 1 fully saturated rings. The Bertz CT molecular complexity index is 741. The number of hydrogen-bond acceptors (Lipinski definition) is 4. The maximum absolute atomic E-state index is 12.0.